The smallest absolute Gasteiger partial charge is 0.330 e. The third-order valence-electron chi connectivity index (χ3n) is 3.80. The molecule has 0 bridgehead atoms. The van der Waals surface area contributed by atoms with Gasteiger partial charge >= 0.3 is 5.69 Å². The highest BCUT2D eigenvalue weighted by Gasteiger charge is 2.43. The fourth-order valence-corrected chi connectivity index (χ4v) is 2.44. The zero-order chi connectivity index (χ0) is 17.9. The van der Waals surface area contributed by atoms with Crippen LogP contribution in [0.15, 0.2) is 27.4 Å². The molecule has 0 radical (unpaired) electrons. The predicted octanol–water partition coefficient (Wildman–Crippen LogP) is -1.80. The van der Waals surface area contributed by atoms with Crippen molar-refractivity contribution in [3.05, 3.63) is 44.2 Å². The molecule has 134 valence electrons. The summed E-state index contributed by atoms with van der Waals surface area (Å²) in [5, 5.41) is 32.0. The molecule has 2 rings (SSSR count). The molecular formula is C15H23N3O6. The van der Waals surface area contributed by atoms with Crippen LogP contribution in [0, 0.1) is 0 Å². The summed E-state index contributed by atoms with van der Waals surface area (Å²) >= 11 is 0. The van der Waals surface area contributed by atoms with Crippen LogP contribution in [0.25, 0.3) is 0 Å². The topological polar surface area (TPSA) is 137 Å². The van der Waals surface area contributed by atoms with E-state index in [-0.39, 0.29) is 12.1 Å². The van der Waals surface area contributed by atoms with Gasteiger partial charge in [-0.05, 0) is 13.8 Å². The van der Waals surface area contributed by atoms with Gasteiger partial charge in [0, 0.05) is 24.8 Å². The van der Waals surface area contributed by atoms with Crippen molar-refractivity contribution >= 4 is 0 Å². The third kappa shape index (κ3) is 4.00. The number of allylic oxidation sites excluding steroid dienone is 1. The number of aliphatic hydroxyl groups excluding tert-OH is 3. The van der Waals surface area contributed by atoms with Crippen molar-refractivity contribution in [1.29, 1.82) is 0 Å². The first-order chi connectivity index (χ1) is 11.3. The fraction of sp³-hybridized carbons (Fsp3) is 0.600. The number of rotatable bonds is 6. The second kappa shape index (κ2) is 7.86. The van der Waals surface area contributed by atoms with Crippen LogP contribution in [0.1, 0.15) is 25.6 Å². The van der Waals surface area contributed by atoms with Crippen LogP contribution in [-0.4, -0.2) is 56.3 Å². The van der Waals surface area contributed by atoms with Crippen molar-refractivity contribution in [3.8, 4) is 0 Å². The van der Waals surface area contributed by atoms with Crippen LogP contribution >= 0.6 is 0 Å². The van der Waals surface area contributed by atoms with E-state index in [9.17, 15) is 19.8 Å². The number of H-pyrrole nitrogens is 1. The summed E-state index contributed by atoms with van der Waals surface area (Å²) in [5.41, 5.74) is 0.123. The molecule has 0 aliphatic carbocycles. The van der Waals surface area contributed by atoms with Gasteiger partial charge in [-0.15, -0.1) is 0 Å². The molecule has 2 heterocycles. The third-order valence-corrected chi connectivity index (χ3v) is 3.80. The van der Waals surface area contributed by atoms with Crippen molar-refractivity contribution in [2.45, 2.75) is 44.9 Å². The molecule has 5 N–H and O–H groups in total. The van der Waals surface area contributed by atoms with Crippen molar-refractivity contribution in [2.75, 3.05) is 13.2 Å². The van der Waals surface area contributed by atoms with E-state index in [1.165, 1.54) is 6.20 Å². The molecule has 9 nitrogen and oxygen atoms in total. The fourth-order valence-electron chi connectivity index (χ4n) is 2.44. The molecule has 1 aromatic heterocycles. The van der Waals surface area contributed by atoms with Gasteiger partial charge < -0.3 is 25.4 Å². The summed E-state index contributed by atoms with van der Waals surface area (Å²) in [6.45, 7) is 4.19. The zero-order valence-electron chi connectivity index (χ0n) is 13.6. The number of ether oxygens (including phenoxy) is 1. The minimum absolute atomic E-state index is 0.216. The van der Waals surface area contributed by atoms with Gasteiger partial charge in [-0.3, -0.25) is 14.3 Å². The Balaban J connectivity index is 2.22. The Hall–Kier alpha value is -1.78. The predicted molar refractivity (Wildman–Crippen MR) is 85.5 cm³/mol. The maximum Gasteiger partial charge on any atom is 0.330 e. The Morgan fingerprint density at radius 3 is 2.67 bits per heavy atom. The number of nitrogens with zero attached hydrogens (tertiary/aromatic N) is 1. The number of hydrogen-bond acceptors (Lipinski definition) is 7. The minimum Gasteiger partial charge on any atom is -0.394 e. The summed E-state index contributed by atoms with van der Waals surface area (Å²) in [6.07, 6.45) is -1.65. The molecule has 0 unspecified atom stereocenters. The number of aromatic nitrogens is 2. The molecule has 0 amide bonds. The lowest BCUT2D eigenvalue weighted by Crippen LogP contribution is -2.39. The van der Waals surface area contributed by atoms with Gasteiger partial charge in [0.25, 0.3) is 5.56 Å². The summed E-state index contributed by atoms with van der Waals surface area (Å²) in [4.78, 5) is 26.0. The van der Waals surface area contributed by atoms with E-state index in [1.54, 1.807) is 0 Å². The monoisotopic (exact) mass is 341 g/mol. The molecule has 4 atom stereocenters. The summed E-state index contributed by atoms with van der Waals surface area (Å²) < 4.78 is 6.33. The Bertz CT molecular complexity index is 706. The highest BCUT2D eigenvalue weighted by Crippen LogP contribution is 2.27. The van der Waals surface area contributed by atoms with Crippen molar-refractivity contribution in [3.63, 3.8) is 0 Å². The lowest BCUT2D eigenvalue weighted by atomic mass is 10.1. The second-order valence-electron chi connectivity index (χ2n) is 5.96. The molecule has 0 spiro atoms. The lowest BCUT2D eigenvalue weighted by Gasteiger charge is -2.18. The summed E-state index contributed by atoms with van der Waals surface area (Å²) in [6, 6.07) is 0. The Labute approximate surface area is 138 Å². The van der Waals surface area contributed by atoms with Crippen molar-refractivity contribution in [1.82, 2.24) is 14.9 Å². The quantitative estimate of drug-likeness (QED) is 0.304. The van der Waals surface area contributed by atoms with Crippen LogP contribution in [0.5, 0.6) is 0 Å². The molecular weight excluding hydrogens is 318 g/mol. The normalized spacial score (nSPS) is 26.5. The number of nitrogens with one attached hydrogen (secondary N) is 2. The highest BCUT2D eigenvalue weighted by molar-refractivity contribution is 5.06. The van der Waals surface area contributed by atoms with E-state index in [0.717, 1.165) is 10.1 Å². The molecule has 24 heavy (non-hydrogen) atoms. The number of aliphatic hydroxyl groups is 3. The highest BCUT2D eigenvalue weighted by atomic mass is 16.6. The first-order valence-electron chi connectivity index (χ1n) is 7.66. The molecule has 0 saturated carbocycles. The van der Waals surface area contributed by atoms with Crippen LogP contribution in [0.3, 0.4) is 0 Å². The summed E-state index contributed by atoms with van der Waals surface area (Å²) in [7, 11) is 0. The van der Waals surface area contributed by atoms with Gasteiger partial charge in [0.2, 0.25) is 0 Å². The first-order valence-corrected chi connectivity index (χ1v) is 7.66. The minimum atomic E-state index is -1.39. The standard InChI is InChI=1S/C15H23N3O6/c1-8(2)3-4-16-5-9-6-18(15(23)17-13(9)22)14-12(21)11(20)10(7-19)24-14/h3,6,10-12,14,16,19-21H,4-5,7H2,1-2H3,(H,17,22,23)/t10-,11-,12-,14-/m1/s1. The van der Waals surface area contributed by atoms with Crippen LogP contribution in [0.4, 0.5) is 0 Å². The van der Waals surface area contributed by atoms with E-state index in [2.05, 4.69) is 10.3 Å². The molecule has 1 saturated heterocycles. The summed E-state index contributed by atoms with van der Waals surface area (Å²) in [5.74, 6) is 0. The van der Waals surface area contributed by atoms with Crippen LogP contribution in [0.2, 0.25) is 0 Å². The van der Waals surface area contributed by atoms with Crippen molar-refractivity contribution < 1.29 is 20.1 Å². The zero-order valence-corrected chi connectivity index (χ0v) is 13.6. The van der Waals surface area contributed by atoms with Crippen LogP contribution in [-0.2, 0) is 11.3 Å². The van der Waals surface area contributed by atoms with Crippen LogP contribution < -0.4 is 16.6 Å². The molecule has 1 aromatic rings. The van der Waals surface area contributed by atoms with Gasteiger partial charge in [0.05, 0.1) is 6.61 Å². The van der Waals surface area contributed by atoms with Gasteiger partial charge in [0.1, 0.15) is 18.3 Å². The maximum absolute atomic E-state index is 12.0. The maximum atomic E-state index is 12.0. The van der Waals surface area contributed by atoms with Crippen molar-refractivity contribution in [2.24, 2.45) is 0 Å². The van der Waals surface area contributed by atoms with E-state index < -0.39 is 42.4 Å². The van der Waals surface area contributed by atoms with Gasteiger partial charge in [-0.2, -0.15) is 0 Å². The van der Waals surface area contributed by atoms with Gasteiger partial charge in [-0.25, -0.2) is 4.79 Å². The van der Waals surface area contributed by atoms with Gasteiger partial charge in [-0.1, -0.05) is 11.6 Å². The van der Waals surface area contributed by atoms with E-state index in [1.807, 2.05) is 19.9 Å². The van der Waals surface area contributed by atoms with E-state index in [0.29, 0.717) is 6.54 Å². The molecule has 9 heteroatoms. The average molecular weight is 341 g/mol. The molecule has 1 aliphatic heterocycles. The number of hydrogen-bond donors (Lipinski definition) is 5. The SMILES string of the molecule is CC(C)=CCNCc1cn([C@@H]2O[C@H](CO)[C@@H](O)[C@H]2O)c(=O)[nH]c1=O. The van der Waals surface area contributed by atoms with E-state index >= 15 is 0 Å². The largest absolute Gasteiger partial charge is 0.394 e. The molecule has 1 aliphatic rings. The molecule has 0 aromatic carbocycles. The number of aromatic amines is 1. The Morgan fingerprint density at radius 2 is 2.08 bits per heavy atom. The van der Waals surface area contributed by atoms with E-state index in [4.69, 9.17) is 9.84 Å². The second-order valence-corrected chi connectivity index (χ2v) is 5.96. The first kappa shape index (κ1) is 18.6. The molecule has 1 fully saturated rings. The van der Waals surface area contributed by atoms with Gasteiger partial charge in [0.15, 0.2) is 6.23 Å². The average Bonchev–Trinajstić information content (AvgIpc) is 2.81. The lowest BCUT2D eigenvalue weighted by molar-refractivity contribution is -0.0551. The Morgan fingerprint density at radius 1 is 1.38 bits per heavy atom. The Kier molecular flexibility index (Phi) is 6.08.